The number of aldehydes is 1. The molecule has 4 aromatic rings. The van der Waals surface area contributed by atoms with Gasteiger partial charge in [-0.25, -0.2) is 8.78 Å². The summed E-state index contributed by atoms with van der Waals surface area (Å²) in [6, 6.07) is 21.9. The van der Waals surface area contributed by atoms with Crippen LogP contribution in [0.1, 0.15) is 34.3 Å². The summed E-state index contributed by atoms with van der Waals surface area (Å²) in [5.41, 5.74) is 11.1. The first-order chi connectivity index (χ1) is 19.9. The molecule has 7 heteroatoms. The van der Waals surface area contributed by atoms with Gasteiger partial charge >= 0.3 is 0 Å². The molecule has 4 aromatic carbocycles. The Morgan fingerprint density at radius 3 is 2.22 bits per heavy atom. The fourth-order valence-corrected chi connectivity index (χ4v) is 5.39. The van der Waals surface area contributed by atoms with E-state index in [2.05, 4.69) is 46.2 Å². The molecule has 41 heavy (non-hydrogen) atoms. The van der Waals surface area contributed by atoms with Crippen molar-refractivity contribution < 1.29 is 13.6 Å². The molecule has 1 heterocycles. The number of rotatable bonds is 9. The van der Waals surface area contributed by atoms with E-state index in [1.807, 2.05) is 19.1 Å². The predicted octanol–water partition coefficient (Wildman–Crippen LogP) is 7.67. The van der Waals surface area contributed by atoms with Crippen molar-refractivity contribution in [2.24, 2.45) is 16.6 Å². The molecule has 1 fully saturated rings. The van der Waals surface area contributed by atoms with Crippen LogP contribution in [0.15, 0.2) is 77.8 Å². The van der Waals surface area contributed by atoms with E-state index in [4.69, 9.17) is 5.73 Å². The number of carbonyl (C=O) groups is 1. The van der Waals surface area contributed by atoms with Crippen LogP contribution in [-0.4, -0.2) is 37.5 Å². The Morgan fingerprint density at radius 1 is 0.976 bits per heavy atom. The molecule has 0 atom stereocenters. The summed E-state index contributed by atoms with van der Waals surface area (Å²) in [6.07, 6.45) is 3.05. The molecule has 5 nitrogen and oxygen atoms in total. The van der Waals surface area contributed by atoms with Crippen LogP contribution in [0.4, 0.5) is 25.8 Å². The third-order valence-corrected chi connectivity index (χ3v) is 7.94. The Bertz CT molecular complexity index is 1540. The Kier molecular flexibility index (Phi) is 8.67. The number of likely N-dealkylation sites (tertiary alicyclic amines) is 1. The average Bonchev–Trinajstić information content (AvgIpc) is 2.99. The number of nitrogens with zero attached hydrogens (tertiary/aromatic N) is 2. The number of carbonyl (C=O) groups excluding carboxylic acids is 1. The molecule has 0 amide bonds. The van der Waals surface area contributed by atoms with Crippen molar-refractivity contribution in [1.82, 2.24) is 4.90 Å². The molecular formula is C34H34F2N4O. The van der Waals surface area contributed by atoms with Gasteiger partial charge in [-0.15, -0.1) is 0 Å². The Labute approximate surface area is 239 Å². The highest BCUT2D eigenvalue weighted by Crippen LogP contribution is 2.39. The van der Waals surface area contributed by atoms with Crippen molar-refractivity contribution in [2.45, 2.75) is 26.3 Å². The monoisotopic (exact) mass is 552 g/mol. The smallest absolute Gasteiger partial charge is 0.161 e. The molecule has 0 saturated carbocycles. The number of hydrogen-bond acceptors (Lipinski definition) is 5. The number of hydrogen-bond donors (Lipinski definition) is 2. The number of piperidine rings is 1. The predicted molar refractivity (Wildman–Crippen MR) is 163 cm³/mol. The van der Waals surface area contributed by atoms with Crippen molar-refractivity contribution in [1.29, 1.82) is 0 Å². The van der Waals surface area contributed by atoms with Gasteiger partial charge in [0.05, 0.1) is 11.3 Å². The zero-order chi connectivity index (χ0) is 28.9. The molecule has 0 bridgehead atoms. The van der Waals surface area contributed by atoms with Crippen LogP contribution in [0, 0.1) is 24.5 Å². The van der Waals surface area contributed by atoms with E-state index in [1.54, 1.807) is 30.3 Å². The Hall–Kier alpha value is -4.20. The first-order valence-corrected chi connectivity index (χ1v) is 13.8. The quantitative estimate of drug-likeness (QED) is 0.165. The molecule has 210 valence electrons. The number of benzene rings is 4. The standard InChI is InChI=1S/C34H34F2N4O/c1-22-3-12-29(17-28(22)21-41)39-31-18-30(35)32(33(36)34(31)38-2)27-10-8-26(9-11-27)25-6-4-24(5-7-25)20-40-15-13-23(19-37)14-16-40/h3-12,17-18,21,23,39H,2,13-16,19-20,37H2,1H3. The fourth-order valence-electron chi connectivity index (χ4n) is 5.39. The molecule has 5 rings (SSSR count). The van der Waals surface area contributed by atoms with Crippen LogP contribution in [0.25, 0.3) is 22.3 Å². The average molecular weight is 553 g/mol. The Balaban J connectivity index is 1.33. The van der Waals surface area contributed by atoms with Gasteiger partial charge in [-0.05, 0) is 92.0 Å². The summed E-state index contributed by atoms with van der Waals surface area (Å²) < 4.78 is 30.9. The highest BCUT2D eigenvalue weighted by molar-refractivity contribution is 5.84. The number of halogens is 2. The van der Waals surface area contributed by atoms with E-state index in [9.17, 15) is 4.79 Å². The molecule has 0 aliphatic carbocycles. The molecule has 3 N–H and O–H groups in total. The van der Waals surface area contributed by atoms with E-state index >= 15 is 8.78 Å². The van der Waals surface area contributed by atoms with Crippen LogP contribution in [0.2, 0.25) is 0 Å². The van der Waals surface area contributed by atoms with Gasteiger partial charge in [-0.2, -0.15) is 0 Å². The summed E-state index contributed by atoms with van der Waals surface area (Å²) in [7, 11) is 0. The van der Waals surface area contributed by atoms with Crippen LogP contribution in [0.5, 0.6) is 0 Å². The van der Waals surface area contributed by atoms with Gasteiger partial charge in [0.1, 0.15) is 17.8 Å². The second-order valence-corrected chi connectivity index (χ2v) is 10.6. The minimum absolute atomic E-state index is 0.0958. The maximum Gasteiger partial charge on any atom is 0.161 e. The summed E-state index contributed by atoms with van der Waals surface area (Å²) in [6.45, 7) is 9.15. The number of aryl methyl sites for hydroxylation is 1. The van der Waals surface area contributed by atoms with Crippen molar-refractivity contribution >= 4 is 30.1 Å². The molecule has 0 unspecified atom stereocenters. The van der Waals surface area contributed by atoms with Gasteiger partial charge in [0.2, 0.25) is 0 Å². The van der Waals surface area contributed by atoms with E-state index < -0.39 is 11.6 Å². The van der Waals surface area contributed by atoms with Gasteiger partial charge < -0.3 is 11.1 Å². The van der Waals surface area contributed by atoms with E-state index in [0.29, 0.717) is 22.7 Å². The zero-order valence-electron chi connectivity index (χ0n) is 23.2. The van der Waals surface area contributed by atoms with Crippen LogP contribution < -0.4 is 11.1 Å². The second-order valence-electron chi connectivity index (χ2n) is 10.6. The van der Waals surface area contributed by atoms with E-state index in [-0.39, 0.29) is 16.9 Å². The lowest BCUT2D eigenvalue weighted by Gasteiger charge is -2.31. The minimum atomic E-state index is -0.808. The van der Waals surface area contributed by atoms with E-state index in [1.165, 1.54) is 11.6 Å². The summed E-state index contributed by atoms with van der Waals surface area (Å²) >= 11 is 0. The number of aliphatic imine (C=N–C) groups is 1. The van der Waals surface area contributed by atoms with E-state index in [0.717, 1.165) is 62.0 Å². The summed E-state index contributed by atoms with van der Waals surface area (Å²) in [5, 5.41) is 2.97. The third-order valence-electron chi connectivity index (χ3n) is 7.94. The first kappa shape index (κ1) is 28.3. The number of nitrogens with two attached hydrogens (primary N) is 1. The lowest BCUT2D eigenvalue weighted by molar-refractivity contribution is 0.112. The SMILES string of the molecule is C=Nc1c(Nc2ccc(C)c(C=O)c2)cc(F)c(-c2ccc(-c3ccc(CN4CCC(CN)CC4)cc3)cc2)c1F. The largest absolute Gasteiger partial charge is 0.354 e. The Morgan fingerprint density at radius 2 is 1.61 bits per heavy atom. The molecule has 1 saturated heterocycles. The van der Waals surface area contributed by atoms with Crippen molar-refractivity contribution in [3.05, 3.63) is 101 Å². The third kappa shape index (κ3) is 6.26. The van der Waals surface area contributed by atoms with Crippen molar-refractivity contribution in [3.63, 3.8) is 0 Å². The zero-order valence-corrected chi connectivity index (χ0v) is 23.2. The summed E-state index contributed by atoms with van der Waals surface area (Å²) in [4.78, 5) is 17.6. The molecular weight excluding hydrogens is 518 g/mol. The number of nitrogens with one attached hydrogen (secondary N) is 1. The summed E-state index contributed by atoms with van der Waals surface area (Å²) in [5.74, 6) is -0.894. The minimum Gasteiger partial charge on any atom is -0.354 e. The molecule has 0 spiro atoms. The normalized spacial score (nSPS) is 14.1. The maximum atomic E-state index is 15.6. The molecule has 0 radical (unpaired) electrons. The van der Waals surface area contributed by atoms with Crippen molar-refractivity contribution in [3.8, 4) is 22.3 Å². The van der Waals surface area contributed by atoms with Gasteiger partial charge in [-0.1, -0.05) is 54.6 Å². The number of anilines is 2. The van der Waals surface area contributed by atoms with Crippen molar-refractivity contribution in [2.75, 3.05) is 25.0 Å². The highest BCUT2D eigenvalue weighted by atomic mass is 19.1. The molecule has 0 aromatic heterocycles. The first-order valence-electron chi connectivity index (χ1n) is 13.8. The second kappa shape index (κ2) is 12.5. The topological polar surface area (TPSA) is 70.7 Å². The molecule has 1 aliphatic rings. The fraction of sp³-hybridized carbons (Fsp3) is 0.235. The van der Waals surface area contributed by atoms with Gasteiger partial charge in [0.25, 0.3) is 0 Å². The highest BCUT2D eigenvalue weighted by Gasteiger charge is 2.21. The molecule has 1 aliphatic heterocycles. The van der Waals surface area contributed by atoms with Crippen LogP contribution >= 0.6 is 0 Å². The van der Waals surface area contributed by atoms with Gasteiger partial charge in [0, 0.05) is 23.9 Å². The van der Waals surface area contributed by atoms with Gasteiger partial charge in [-0.3, -0.25) is 14.7 Å². The lowest BCUT2D eigenvalue weighted by Crippen LogP contribution is -2.35. The maximum absolute atomic E-state index is 15.6. The van der Waals surface area contributed by atoms with Crippen LogP contribution in [-0.2, 0) is 6.54 Å². The van der Waals surface area contributed by atoms with Gasteiger partial charge in [0.15, 0.2) is 5.82 Å². The van der Waals surface area contributed by atoms with Crippen LogP contribution in [0.3, 0.4) is 0 Å². The lowest BCUT2D eigenvalue weighted by atomic mass is 9.96.